The molecule has 32 heavy (non-hydrogen) atoms. The zero-order valence-corrected chi connectivity index (χ0v) is 20.8. The summed E-state index contributed by atoms with van der Waals surface area (Å²) in [4.78, 5) is 19.3. The minimum Gasteiger partial charge on any atom is -0.340 e. The number of nitrogens with zero attached hydrogens (tertiary/aromatic N) is 3. The fourth-order valence-corrected chi connectivity index (χ4v) is 7.68. The molecule has 0 radical (unpaired) electrons. The lowest BCUT2D eigenvalue weighted by Crippen LogP contribution is -2.51. The highest BCUT2D eigenvalue weighted by molar-refractivity contribution is 7.89. The Morgan fingerprint density at radius 3 is 2.19 bits per heavy atom. The summed E-state index contributed by atoms with van der Waals surface area (Å²) in [5.74, 6) is 0.117. The number of amides is 1. The Kier molecular flexibility index (Phi) is 7.05. The largest absolute Gasteiger partial charge is 0.340 e. The van der Waals surface area contributed by atoms with Crippen molar-refractivity contribution >= 4 is 27.3 Å². The van der Waals surface area contributed by atoms with Gasteiger partial charge in [-0.2, -0.15) is 4.31 Å². The minimum atomic E-state index is -3.54. The van der Waals surface area contributed by atoms with E-state index in [0.29, 0.717) is 30.8 Å². The second kappa shape index (κ2) is 9.63. The summed E-state index contributed by atoms with van der Waals surface area (Å²) >= 11 is 1.77. The van der Waals surface area contributed by atoms with Crippen molar-refractivity contribution in [2.24, 2.45) is 5.92 Å². The van der Waals surface area contributed by atoms with E-state index in [1.165, 1.54) is 4.88 Å². The Labute approximate surface area is 195 Å². The number of thiophene rings is 1. The summed E-state index contributed by atoms with van der Waals surface area (Å²) in [6.45, 7) is 10.8. The van der Waals surface area contributed by atoms with Crippen LogP contribution in [0.15, 0.2) is 34.5 Å². The van der Waals surface area contributed by atoms with Gasteiger partial charge in [-0.15, -0.1) is 11.3 Å². The van der Waals surface area contributed by atoms with Crippen molar-refractivity contribution < 1.29 is 13.2 Å². The van der Waals surface area contributed by atoms with Crippen molar-refractivity contribution in [2.45, 2.75) is 45.1 Å². The Bertz CT molecular complexity index is 1030. The molecule has 1 amide bonds. The zero-order chi connectivity index (χ0) is 22.9. The molecule has 0 unspecified atom stereocenters. The molecule has 0 bridgehead atoms. The van der Waals surface area contributed by atoms with Crippen molar-refractivity contribution in [3.63, 3.8) is 0 Å². The SMILES string of the molecule is Cc1cc(C)c(S(=O)(=O)N2CCC(C(=O)N3CCN(Cc4cccs4)CC3)CC2)c(C)c1. The average Bonchev–Trinajstić information content (AvgIpc) is 3.26. The summed E-state index contributed by atoms with van der Waals surface area (Å²) < 4.78 is 28.2. The second-order valence-corrected chi connectivity index (χ2v) is 12.0. The van der Waals surface area contributed by atoms with Crippen LogP contribution >= 0.6 is 11.3 Å². The Morgan fingerprint density at radius 2 is 1.62 bits per heavy atom. The molecule has 174 valence electrons. The number of carbonyl (C=O) groups excluding carboxylic acids is 1. The summed E-state index contributed by atoms with van der Waals surface area (Å²) in [6.07, 6.45) is 1.19. The molecule has 4 rings (SSSR count). The number of hydrogen-bond donors (Lipinski definition) is 0. The molecule has 3 heterocycles. The zero-order valence-electron chi connectivity index (χ0n) is 19.2. The van der Waals surface area contributed by atoms with E-state index in [-0.39, 0.29) is 11.8 Å². The number of carbonyl (C=O) groups is 1. The number of rotatable bonds is 5. The normalized spacial score (nSPS) is 19.4. The Balaban J connectivity index is 1.32. The maximum absolute atomic E-state index is 13.3. The Hall–Kier alpha value is -1.74. The first kappa shape index (κ1) is 23.4. The molecule has 2 fully saturated rings. The third kappa shape index (κ3) is 4.93. The maximum atomic E-state index is 13.3. The molecule has 1 aromatic carbocycles. The van der Waals surface area contributed by atoms with Crippen LogP contribution in [-0.4, -0.2) is 67.7 Å². The van der Waals surface area contributed by atoms with Gasteiger partial charge >= 0.3 is 0 Å². The molecule has 2 aromatic rings. The van der Waals surface area contributed by atoms with Gasteiger partial charge < -0.3 is 4.90 Å². The molecular formula is C24H33N3O3S2. The van der Waals surface area contributed by atoms with Gasteiger partial charge in [-0.1, -0.05) is 23.8 Å². The minimum absolute atomic E-state index is 0.0782. The van der Waals surface area contributed by atoms with Crippen LogP contribution in [0, 0.1) is 26.7 Å². The fraction of sp³-hybridized carbons (Fsp3) is 0.542. The molecule has 2 saturated heterocycles. The van der Waals surface area contributed by atoms with Crippen LogP contribution in [0.1, 0.15) is 34.4 Å². The number of piperidine rings is 1. The van der Waals surface area contributed by atoms with E-state index < -0.39 is 10.0 Å². The lowest BCUT2D eigenvalue weighted by molar-refractivity contribution is -0.138. The first-order chi connectivity index (χ1) is 15.3. The van der Waals surface area contributed by atoms with Crippen LogP contribution < -0.4 is 0 Å². The summed E-state index contributed by atoms with van der Waals surface area (Å²) in [5.41, 5.74) is 2.65. The maximum Gasteiger partial charge on any atom is 0.243 e. The van der Waals surface area contributed by atoms with Crippen molar-refractivity contribution in [3.05, 3.63) is 51.2 Å². The van der Waals surface area contributed by atoms with Gasteiger partial charge in [-0.05, 0) is 56.2 Å². The molecule has 2 aliphatic rings. The average molecular weight is 476 g/mol. The molecule has 0 N–H and O–H groups in total. The summed E-state index contributed by atoms with van der Waals surface area (Å²) in [7, 11) is -3.54. The van der Waals surface area contributed by atoms with Crippen LogP contribution in [0.3, 0.4) is 0 Å². The van der Waals surface area contributed by atoms with E-state index in [4.69, 9.17) is 0 Å². The highest BCUT2D eigenvalue weighted by Crippen LogP contribution is 2.29. The van der Waals surface area contributed by atoms with E-state index >= 15 is 0 Å². The second-order valence-electron chi connectivity index (χ2n) is 9.09. The van der Waals surface area contributed by atoms with E-state index in [0.717, 1.165) is 49.4 Å². The molecule has 2 aliphatic heterocycles. The van der Waals surface area contributed by atoms with Crippen LogP contribution in [0.2, 0.25) is 0 Å². The molecule has 6 nitrogen and oxygen atoms in total. The standard InChI is InChI=1S/C24H33N3O3S2/c1-18-15-19(2)23(20(3)16-18)32(29,30)27-8-6-21(7-9-27)24(28)26-12-10-25(11-13-26)17-22-5-4-14-31-22/h4-5,14-16,21H,6-13,17H2,1-3H3. The van der Waals surface area contributed by atoms with Gasteiger partial charge in [-0.25, -0.2) is 8.42 Å². The van der Waals surface area contributed by atoms with E-state index in [1.54, 1.807) is 15.6 Å². The van der Waals surface area contributed by atoms with Gasteiger partial charge in [0.15, 0.2) is 0 Å². The van der Waals surface area contributed by atoms with E-state index in [1.807, 2.05) is 37.8 Å². The fourth-order valence-electron chi connectivity index (χ4n) is 5.05. The molecule has 0 spiro atoms. The van der Waals surface area contributed by atoms with Crippen molar-refractivity contribution in [2.75, 3.05) is 39.3 Å². The topological polar surface area (TPSA) is 60.9 Å². The first-order valence-electron chi connectivity index (χ1n) is 11.4. The lowest BCUT2D eigenvalue weighted by atomic mass is 9.96. The third-order valence-corrected chi connectivity index (χ3v) is 9.72. The molecule has 0 aliphatic carbocycles. The van der Waals surface area contributed by atoms with Crippen LogP contribution in [0.25, 0.3) is 0 Å². The molecule has 1 aromatic heterocycles. The summed E-state index contributed by atoms with van der Waals surface area (Å²) in [5, 5.41) is 2.10. The van der Waals surface area contributed by atoms with Crippen LogP contribution in [0.5, 0.6) is 0 Å². The number of aryl methyl sites for hydroxylation is 3. The highest BCUT2D eigenvalue weighted by atomic mass is 32.2. The Morgan fingerprint density at radius 1 is 1.00 bits per heavy atom. The number of benzene rings is 1. The third-order valence-electron chi connectivity index (χ3n) is 6.65. The first-order valence-corrected chi connectivity index (χ1v) is 13.7. The van der Waals surface area contributed by atoms with E-state index in [2.05, 4.69) is 22.4 Å². The number of hydrogen-bond acceptors (Lipinski definition) is 5. The van der Waals surface area contributed by atoms with Crippen LogP contribution in [0.4, 0.5) is 0 Å². The quantitative estimate of drug-likeness (QED) is 0.665. The van der Waals surface area contributed by atoms with Crippen molar-refractivity contribution in [1.82, 2.24) is 14.1 Å². The van der Waals surface area contributed by atoms with Gasteiger partial charge in [0, 0.05) is 56.6 Å². The van der Waals surface area contributed by atoms with Gasteiger partial charge in [0.25, 0.3) is 0 Å². The highest BCUT2D eigenvalue weighted by Gasteiger charge is 2.35. The molecular weight excluding hydrogens is 442 g/mol. The predicted molar refractivity (Wildman–Crippen MR) is 128 cm³/mol. The van der Waals surface area contributed by atoms with Crippen molar-refractivity contribution in [3.8, 4) is 0 Å². The van der Waals surface area contributed by atoms with Gasteiger partial charge in [-0.3, -0.25) is 9.69 Å². The van der Waals surface area contributed by atoms with Crippen molar-refractivity contribution in [1.29, 1.82) is 0 Å². The predicted octanol–water partition coefficient (Wildman–Crippen LogP) is 3.42. The number of sulfonamides is 1. The number of piperazine rings is 1. The van der Waals surface area contributed by atoms with Gasteiger partial charge in [0.05, 0.1) is 4.90 Å². The lowest BCUT2D eigenvalue weighted by Gasteiger charge is -2.38. The van der Waals surface area contributed by atoms with Gasteiger partial charge in [0.2, 0.25) is 15.9 Å². The summed E-state index contributed by atoms with van der Waals surface area (Å²) in [6, 6.07) is 8.08. The molecule has 0 atom stereocenters. The van der Waals surface area contributed by atoms with E-state index in [9.17, 15) is 13.2 Å². The van der Waals surface area contributed by atoms with Crippen LogP contribution in [-0.2, 0) is 21.4 Å². The smallest absolute Gasteiger partial charge is 0.243 e. The molecule has 8 heteroatoms. The van der Waals surface area contributed by atoms with Gasteiger partial charge in [0.1, 0.15) is 0 Å². The molecule has 0 saturated carbocycles. The monoisotopic (exact) mass is 475 g/mol.